The van der Waals surface area contributed by atoms with Crippen molar-refractivity contribution < 1.29 is 0 Å². The van der Waals surface area contributed by atoms with Gasteiger partial charge in [-0.15, -0.1) is 11.3 Å². The SMILES string of the molecule is CC1(Cc2ccc(Br)s2)CCC(N)C1. The van der Waals surface area contributed by atoms with Gasteiger partial charge in [0.2, 0.25) is 0 Å². The van der Waals surface area contributed by atoms with Crippen LogP contribution in [0, 0.1) is 5.41 Å². The number of nitrogens with two attached hydrogens (primary N) is 1. The molecule has 1 heterocycles. The van der Waals surface area contributed by atoms with E-state index in [-0.39, 0.29) is 0 Å². The summed E-state index contributed by atoms with van der Waals surface area (Å²) < 4.78 is 1.23. The first-order valence-electron chi connectivity index (χ1n) is 5.07. The van der Waals surface area contributed by atoms with E-state index in [2.05, 4.69) is 35.0 Å². The highest BCUT2D eigenvalue weighted by molar-refractivity contribution is 9.11. The molecule has 1 saturated carbocycles. The van der Waals surface area contributed by atoms with Crippen molar-refractivity contribution >= 4 is 27.3 Å². The van der Waals surface area contributed by atoms with Crippen LogP contribution in [0.15, 0.2) is 15.9 Å². The van der Waals surface area contributed by atoms with Crippen LogP contribution in [0.2, 0.25) is 0 Å². The number of thiophene rings is 1. The molecule has 1 aliphatic carbocycles. The molecule has 0 saturated heterocycles. The molecule has 2 atom stereocenters. The van der Waals surface area contributed by atoms with Gasteiger partial charge in [-0.2, -0.15) is 0 Å². The Balaban J connectivity index is 2.03. The smallest absolute Gasteiger partial charge is 0.0701 e. The summed E-state index contributed by atoms with van der Waals surface area (Å²) in [6, 6.07) is 4.80. The van der Waals surface area contributed by atoms with Crippen molar-refractivity contribution in [2.24, 2.45) is 11.1 Å². The van der Waals surface area contributed by atoms with E-state index in [1.165, 1.54) is 34.3 Å². The van der Waals surface area contributed by atoms with E-state index in [9.17, 15) is 0 Å². The van der Waals surface area contributed by atoms with Crippen LogP contribution in [-0.4, -0.2) is 6.04 Å². The van der Waals surface area contributed by atoms with Crippen LogP contribution in [0.1, 0.15) is 31.1 Å². The van der Waals surface area contributed by atoms with Crippen LogP contribution in [-0.2, 0) is 6.42 Å². The summed E-state index contributed by atoms with van der Waals surface area (Å²) in [6.45, 7) is 2.37. The van der Waals surface area contributed by atoms with Crippen molar-refractivity contribution in [3.8, 4) is 0 Å². The molecule has 2 unspecified atom stereocenters. The lowest BCUT2D eigenvalue weighted by atomic mass is 9.84. The van der Waals surface area contributed by atoms with Gasteiger partial charge in [-0.1, -0.05) is 6.92 Å². The highest BCUT2D eigenvalue weighted by Crippen LogP contribution is 2.41. The summed E-state index contributed by atoms with van der Waals surface area (Å²) in [4.78, 5) is 1.48. The zero-order valence-electron chi connectivity index (χ0n) is 8.42. The molecule has 1 aliphatic rings. The van der Waals surface area contributed by atoms with E-state index in [1.54, 1.807) is 0 Å². The van der Waals surface area contributed by atoms with Gasteiger partial charge in [-0.3, -0.25) is 0 Å². The summed E-state index contributed by atoms with van der Waals surface area (Å²) >= 11 is 5.36. The van der Waals surface area contributed by atoms with Gasteiger partial charge >= 0.3 is 0 Å². The highest BCUT2D eigenvalue weighted by Gasteiger charge is 2.33. The predicted octanol–water partition coefficient (Wildman–Crippen LogP) is 3.57. The maximum Gasteiger partial charge on any atom is 0.0701 e. The van der Waals surface area contributed by atoms with Crippen LogP contribution >= 0.6 is 27.3 Å². The zero-order valence-corrected chi connectivity index (χ0v) is 10.8. The Morgan fingerprint density at radius 2 is 2.43 bits per heavy atom. The molecule has 0 radical (unpaired) electrons. The first-order valence-corrected chi connectivity index (χ1v) is 6.68. The second kappa shape index (κ2) is 3.95. The van der Waals surface area contributed by atoms with Crippen molar-refractivity contribution in [2.75, 3.05) is 0 Å². The van der Waals surface area contributed by atoms with Crippen molar-refractivity contribution in [2.45, 2.75) is 38.6 Å². The lowest BCUT2D eigenvalue weighted by molar-refractivity contribution is 0.332. The van der Waals surface area contributed by atoms with Crippen molar-refractivity contribution in [1.29, 1.82) is 0 Å². The predicted molar refractivity (Wildman–Crippen MR) is 65.7 cm³/mol. The van der Waals surface area contributed by atoms with Gasteiger partial charge in [0.05, 0.1) is 3.79 Å². The Labute approximate surface area is 97.8 Å². The summed E-state index contributed by atoms with van der Waals surface area (Å²) in [5.74, 6) is 0. The van der Waals surface area contributed by atoms with E-state index in [0.717, 1.165) is 0 Å². The Kier molecular flexibility index (Phi) is 3.01. The molecule has 0 bridgehead atoms. The van der Waals surface area contributed by atoms with Crippen LogP contribution in [0.3, 0.4) is 0 Å². The Morgan fingerprint density at radius 1 is 1.64 bits per heavy atom. The van der Waals surface area contributed by atoms with Crippen LogP contribution in [0.25, 0.3) is 0 Å². The summed E-state index contributed by atoms with van der Waals surface area (Å²) in [5, 5.41) is 0. The van der Waals surface area contributed by atoms with Gasteiger partial charge in [-0.05, 0) is 59.2 Å². The van der Waals surface area contributed by atoms with E-state index in [4.69, 9.17) is 5.73 Å². The molecule has 2 N–H and O–H groups in total. The normalized spacial score (nSPS) is 32.4. The van der Waals surface area contributed by atoms with E-state index < -0.39 is 0 Å². The van der Waals surface area contributed by atoms with Gasteiger partial charge in [0.25, 0.3) is 0 Å². The average molecular weight is 274 g/mol. The molecule has 1 aromatic heterocycles. The highest BCUT2D eigenvalue weighted by atomic mass is 79.9. The quantitative estimate of drug-likeness (QED) is 0.876. The fourth-order valence-electron chi connectivity index (χ4n) is 2.40. The topological polar surface area (TPSA) is 26.0 Å². The Hall–Kier alpha value is 0.140. The largest absolute Gasteiger partial charge is 0.328 e. The third kappa shape index (κ3) is 2.38. The molecule has 3 heteroatoms. The third-order valence-corrected chi connectivity index (χ3v) is 4.73. The zero-order chi connectivity index (χ0) is 10.2. The second-order valence-corrected chi connectivity index (χ2v) is 7.24. The Morgan fingerprint density at radius 3 is 2.93 bits per heavy atom. The summed E-state index contributed by atoms with van der Waals surface area (Å²) in [6.07, 6.45) is 4.85. The maximum absolute atomic E-state index is 5.96. The molecular weight excluding hydrogens is 258 g/mol. The second-order valence-electron chi connectivity index (χ2n) is 4.70. The lowest BCUT2D eigenvalue weighted by Crippen LogP contribution is -2.20. The van der Waals surface area contributed by atoms with Gasteiger partial charge < -0.3 is 5.73 Å². The fraction of sp³-hybridized carbons (Fsp3) is 0.636. The first kappa shape index (κ1) is 10.7. The minimum Gasteiger partial charge on any atom is -0.328 e. The molecule has 0 amide bonds. The minimum absolute atomic E-state index is 0.434. The summed E-state index contributed by atoms with van der Waals surface area (Å²) in [7, 11) is 0. The van der Waals surface area contributed by atoms with Crippen LogP contribution < -0.4 is 5.73 Å². The van der Waals surface area contributed by atoms with Gasteiger partial charge in [0, 0.05) is 10.9 Å². The minimum atomic E-state index is 0.434. The lowest BCUT2D eigenvalue weighted by Gasteiger charge is -2.22. The number of halogens is 1. The molecule has 1 aromatic rings. The molecule has 0 aliphatic heterocycles. The number of rotatable bonds is 2. The van der Waals surface area contributed by atoms with Crippen molar-refractivity contribution in [1.82, 2.24) is 0 Å². The molecule has 0 aromatic carbocycles. The molecule has 14 heavy (non-hydrogen) atoms. The van der Waals surface area contributed by atoms with Gasteiger partial charge in [0.15, 0.2) is 0 Å². The average Bonchev–Trinajstić information content (AvgIpc) is 2.60. The van der Waals surface area contributed by atoms with Crippen LogP contribution in [0.5, 0.6) is 0 Å². The number of hydrogen-bond donors (Lipinski definition) is 1. The van der Waals surface area contributed by atoms with Gasteiger partial charge in [0.1, 0.15) is 0 Å². The molecule has 2 rings (SSSR count). The summed E-state index contributed by atoms with van der Waals surface area (Å²) in [5.41, 5.74) is 6.41. The standard InChI is InChI=1S/C11H16BrNS/c1-11(5-4-8(13)6-11)7-9-2-3-10(12)14-9/h2-3,8H,4-7,13H2,1H3. The molecular formula is C11H16BrNS. The van der Waals surface area contributed by atoms with Crippen LogP contribution in [0.4, 0.5) is 0 Å². The van der Waals surface area contributed by atoms with E-state index in [1.807, 2.05) is 11.3 Å². The molecule has 78 valence electrons. The first-order chi connectivity index (χ1) is 6.57. The van der Waals surface area contributed by atoms with Gasteiger partial charge in [-0.25, -0.2) is 0 Å². The van der Waals surface area contributed by atoms with E-state index >= 15 is 0 Å². The number of hydrogen-bond acceptors (Lipinski definition) is 2. The Bertz CT molecular complexity index is 323. The fourth-order valence-corrected chi connectivity index (χ4v) is 4.10. The van der Waals surface area contributed by atoms with Crippen molar-refractivity contribution in [3.05, 3.63) is 20.8 Å². The van der Waals surface area contributed by atoms with Crippen molar-refractivity contribution in [3.63, 3.8) is 0 Å². The molecule has 1 fully saturated rings. The maximum atomic E-state index is 5.96. The molecule has 1 nitrogen and oxygen atoms in total. The molecule has 0 spiro atoms. The third-order valence-electron chi connectivity index (χ3n) is 3.10. The van der Waals surface area contributed by atoms with E-state index in [0.29, 0.717) is 11.5 Å². The monoisotopic (exact) mass is 273 g/mol.